The summed E-state index contributed by atoms with van der Waals surface area (Å²) in [7, 11) is 0. The Morgan fingerprint density at radius 3 is 1.92 bits per heavy atom. The number of fused-ring (bicyclic) bond motifs is 5. The number of hydrogen-bond acceptors (Lipinski definition) is 3. The standard InChI is InChI=1S/C32H25NO2Se/c1-31(2)22-12-7-8-15-26(22)33-27-23(31)13-9-14-24(27)32(3,4)25-17-18(36-30(25)33)16-21-28(34)19-10-5-6-11-20(19)29(21)35/h5-17H,1-4H3. The quantitative estimate of drug-likeness (QED) is 0.151. The van der Waals surface area contributed by atoms with Crippen molar-refractivity contribution in [2.45, 2.75) is 38.5 Å². The van der Waals surface area contributed by atoms with Gasteiger partial charge in [-0.05, 0) is 0 Å². The maximum atomic E-state index is 13.1. The minimum atomic E-state index is -0.186. The molecule has 7 rings (SSSR count). The normalized spacial score (nSPS) is 17.9. The van der Waals surface area contributed by atoms with E-state index in [9.17, 15) is 9.59 Å². The number of allylic oxidation sites excluding steroid dienone is 1. The van der Waals surface area contributed by atoms with Gasteiger partial charge >= 0.3 is 217 Å². The summed E-state index contributed by atoms with van der Waals surface area (Å²) in [4.78, 5) is 28.7. The second-order valence-electron chi connectivity index (χ2n) is 10.9. The molecular weight excluding hydrogens is 509 g/mol. The summed E-state index contributed by atoms with van der Waals surface area (Å²) in [5.41, 5.74) is 8.83. The van der Waals surface area contributed by atoms with Crippen molar-refractivity contribution >= 4 is 48.1 Å². The molecule has 2 aliphatic heterocycles. The number of anilines is 3. The number of para-hydroxylation sites is 2. The molecule has 0 spiro atoms. The molecule has 0 N–H and O–H groups in total. The van der Waals surface area contributed by atoms with Gasteiger partial charge in [0.25, 0.3) is 0 Å². The fourth-order valence-electron chi connectivity index (χ4n) is 6.24. The van der Waals surface area contributed by atoms with Crippen molar-refractivity contribution in [3.05, 3.63) is 116 Å². The second-order valence-corrected chi connectivity index (χ2v) is 13.2. The van der Waals surface area contributed by atoms with Gasteiger partial charge in [-0.3, -0.25) is 0 Å². The number of carbonyl (C=O) groups excluding carboxylic acids is 2. The van der Waals surface area contributed by atoms with E-state index in [1.807, 2.05) is 18.2 Å². The van der Waals surface area contributed by atoms with Crippen molar-refractivity contribution in [3.63, 3.8) is 0 Å². The van der Waals surface area contributed by atoms with Crippen LogP contribution >= 0.6 is 0 Å². The molecular formula is C32H25NO2Se. The minimum absolute atomic E-state index is 0.0473. The predicted octanol–water partition coefficient (Wildman–Crippen LogP) is 6.95. The van der Waals surface area contributed by atoms with Crippen LogP contribution < -0.4 is 4.90 Å². The first kappa shape index (κ1) is 21.8. The van der Waals surface area contributed by atoms with Gasteiger partial charge in [-0.15, -0.1) is 0 Å². The van der Waals surface area contributed by atoms with Gasteiger partial charge in [0.1, 0.15) is 0 Å². The fraction of sp³-hybridized carbons (Fsp3) is 0.188. The number of ketones is 2. The van der Waals surface area contributed by atoms with Crippen molar-refractivity contribution in [1.29, 1.82) is 0 Å². The van der Waals surface area contributed by atoms with Crippen LogP contribution in [-0.2, 0) is 10.8 Å². The fourth-order valence-corrected chi connectivity index (χ4v) is 8.93. The van der Waals surface area contributed by atoms with Gasteiger partial charge in [-0.2, -0.15) is 0 Å². The summed E-state index contributed by atoms with van der Waals surface area (Å²) in [6, 6.07) is 24.8. The van der Waals surface area contributed by atoms with Gasteiger partial charge in [-0.1, -0.05) is 0 Å². The molecule has 0 amide bonds. The van der Waals surface area contributed by atoms with Gasteiger partial charge < -0.3 is 0 Å². The van der Waals surface area contributed by atoms with E-state index in [1.165, 1.54) is 38.2 Å². The van der Waals surface area contributed by atoms with E-state index in [2.05, 4.69) is 81.1 Å². The maximum absolute atomic E-state index is 13.1. The topological polar surface area (TPSA) is 37.4 Å². The van der Waals surface area contributed by atoms with Crippen LogP contribution in [-0.4, -0.2) is 26.1 Å². The zero-order valence-corrected chi connectivity index (χ0v) is 22.4. The third-order valence-electron chi connectivity index (χ3n) is 8.22. The van der Waals surface area contributed by atoms with Gasteiger partial charge in [0, 0.05) is 0 Å². The van der Waals surface area contributed by atoms with E-state index in [0.717, 1.165) is 4.44 Å². The molecule has 0 radical (unpaired) electrons. The zero-order valence-electron chi connectivity index (χ0n) is 20.7. The van der Waals surface area contributed by atoms with Crippen LogP contribution in [0.2, 0.25) is 0 Å². The Balaban J connectivity index is 1.46. The Kier molecular flexibility index (Phi) is 4.27. The zero-order chi connectivity index (χ0) is 25.0. The molecule has 0 fully saturated rings. The molecule has 3 aliphatic rings. The SMILES string of the molecule is CC1(C)c2ccccc2N2c3[se]c(C=C4C(=O)c5ccccc5C4=O)cc3C(C)(C)c3cccc1c32. The first-order valence-corrected chi connectivity index (χ1v) is 14.0. The Morgan fingerprint density at radius 1 is 0.694 bits per heavy atom. The molecule has 3 heterocycles. The third kappa shape index (κ3) is 2.64. The Bertz CT molecular complexity index is 1650. The number of carbonyl (C=O) groups is 2. The van der Waals surface area contributed by atoms with Crippen LogP contribution in [0.1, 0.15) is 75.1 Å². The van der Waals surface area contributed by atoms with E-state index < -0.39 is 0 Å². The van der Waals surface area contributed by atoms with Crippen LogP contribution in [0.5, 0.6) is 0 Å². The van der Waals surface area contributed by atoms with Crippen LogP contribution in [0, 0.1) is 0 Å². The molecule has 0 unspecified atom stereocenters. The summed E-state index contributed by atoms with van der Waals surface area (Å²) in [6.45, 7) is 9.23. The predicted molar refractivity (Wildman–Crippen MR) is 145 cm³/mol. The summed E-state index contributed by atoms with van der Waals surface area (Å²) >= 11 is -0.0473. The van der Waals surface area contributed by atoms with E-state index in [-0.39, 0.29) is 36.9 Å². The Labute approximate surface area is 216 Å². The average molecular weight is 535 g/mol. The second kappa shape index (κ2) is 7.06. The molecule has 3 nitrogen and oxygen atoms in total. The van der Waals surface area contributed by atoms with Gasteiger partial charge in [0.05, 0.1) is 0 Å². The van der Waals surface area contributed by atoms with Crippen LogP contribution in [0.3, 0.4) is 0 Å². The molecule has 0 saturated heterocycles. The molecule has 0 bridgehead atoms. The number of nitrogens with zero attached hydrogens (tertiary/aromatic N) is 1. The van der Waals surface area contributed by atoms with Crippen molar-refractivity contribution in [2.75, 3.05) is 4.90 Å². The molecule has 0 saturated carbocycles. The van der Waals surface area contributed by atoms with Gasteiger partial charge in [0.2, 0.25) is 0 Å². The van der Waals surface area contributed by atoms with E-state index >= 15 is 0 Å². The van der Waals surface area contributed by atoms with E-state index in [0.29, 0.717) is 16.7 Å². The first-order valence-electron chi connectivity index (χ1n) is 12.3. The number of Topliss-reactive ketones (excluding diaryl/α,β-unsaturated/α-hetero) is 2. The summed E-state index contributed by atoms with van der Waals surface area (Å²) in [6.07, 6.45) is 1.87. The molecule has 1 aliphatic carbocycles. The molecule has 176 valence electrons. The Morgan fingerprint density at radius 2 is 1.25 bits per heavy atom. The van der Waals surface area contributed by atoms with Crippen molar-refractivity contribution in [2.24, 2.45) is 0 Å². The van der Waals surface area contributed by atoms with Gasteiger partial charge in [0.15, 0.2) is 0 Å². The molecule has 1 aromatic heterocycles. The van der Waals surface area contributed by atoms with Crippen molar-refractivity contribution in [1.82, 2.24) is 0 Å². The average Bonchev–Trinajstić information content (AvgIpc) is 3.40. The summed E-state index contributed by atoms with van der Waals surface area (Å²) < 4.78 is 2.37. The summed E-state index contributed by atoms with van der Waals surface area (Å²) in [5.74, 6) is -0.320. The van der Waals surface area contributed by atoms with Crippen LogP contribution in [0.4, 0.5) is 15.9 Å². The molecule has 4 heteroatoms. The third-order valence-corrected chi connectivity index (χ3v) is 10.5. The monoisotopic (exact) mass is 535 g/mol. The molecule has 0 atom stereocenters. The summed E-state index contributed by atoms with van der Waals surface area (Å²) in [5, 5.41) is 0. The molecule has 3 aromatic carbocycles. The Hall–Kier alpha value is -3.46. The van der Waals surface area contributed by atoms with Crippen LogP contribution in [0.15, 0.2) is 78.4 Å². The molecule has 4 aromatic rings. The van der Waals surface area contributed by atoms with Crippen molar-refractivity contribution < 1.29 is 9.59 Å². The number of hydrogen-bond donors (Lipinski definition) is 0. The van der Waals surface area contributed by atoms with Crippen molar-refractivity contribution in [3.8, 4) is 0 Å². The van der Waals surface area contributed by atoms with Gasteiger partial charge in [-0.25, -0.2) is 0 Å². The van der Waals surface area contributed by atoms with Crippen LogP contribution in [0.25, 0.3) is 6.08 Å². The van der Waals surface area contributed by atoms with E-state index in [1.54, 1.807) is 12.1 Å². The first-order chi connectivity index (χ1) is 17.2. The number of rotatable bonds is 1. The molecule has 36 heavy (non-hydrogen) atoms. The van der Waals surface area contributed by atoms with E-state index in [4.69, 9.17) is 0 Å². The number of benzene rings is 3.